The summed E-state index contributed by atoms with van der Waals surface area (Å²) in [4.78, 5) is 27.2. The van der Waals surface area contributed by atoms with E-state index < -0.39 is 42.0 Å². The quantitative estimate of drug-likeness (QED) is 0.398. The van der Waals surface area contributed by atoms with Gasteiger partial charge in [0.05, 0.1) is 23.2 Å². The fourth-order valence-electron chi connectivity index (χ4n) is 8.31. The van der Waals surface area contributed by atoms with Crippen LogP contribution in [-0.4, -0.2) is 59.9 Å². The van der Waals surface area contributed by atoms with E-state index >= 15 is 0 Å². The Hall–Kier alpha value is -2.46. The molecule has 1 aromatic carbocycles. The maximum absolute atomic E-state index is 13.7. The van der Waals surface area contributed by atoms with Crippen LogP contribution in [0.2, 0.25) is 0 Å². The molecule has 5 atom stereocenters. The Morgan fingerprint density at radius 1 is 1.21 bits per heavy atom. The first-order valence-electron chi connectivity index (χ1n) is 14.1. The van der Waals surface area contributed by atoms with Crippen molar-refractivity contribution in [2.24, 2.45) is 17.3 Å². The standard InChI is InChI=1S/C29H37BF2N2O5/c1-17(31)25(35)34-21-9-11-29(34,12-10-21)16-37-26(36)33-24(13-18-5-7-20(32)8-6-18)30-38-23-15-19-14-22(27(19,2)3)28(23,4)39-30/h5-8,19,21-24H,1,9-16H2,2-4H3,(H,33,36)/t19-,21?,22-,23+,24-,28-,29?/m0/s1. The zero-order valence-electron chi connectivity index (χ0n) is 22.9. The Kier molecular flexibility index (Phi) is 6.38. The summed E-state index contributed by atoms with van der Waals surface area (Å²) in [5.41, 5.74) is -0.163. The number of ether oxygens (including phenoxy) is 1. The van der Waals surface area contributed by atoms with Crippen molar-refractivity contribution in [2.75, 3.05) is 6.61 Å². The van der Waals surface area contributed by atoms with Crippen molar-refractivity contribution in [3.63, 3.8) is 0 Å². The summed E-state index contributed by atoms with van der Waals surface area (Å²) in [6, 6.07) is 6.09. The van der Waals surface area contributed by atoms with E-state index in [1.807, 2.05) is 0 Å². The highest BCUT2D eigenvalue weighted by atomic mass is 19.1. The van der Waals surface area contributed by atoms with Gasteiger partial charge < -0.3 is 24.3 Å². The normalized spacial score (nSPS) is 36.2. The lowest BCUT2D eigenvalue weighted by Crippen LogP contribution is -2.65. The van der Waals surface area contributed by atoms with Crippen LogP contribution in [0.3, 0.4) is 0 Å². The molecular weight excluding hydrogens is 505 g/mol. The van der Waals surface area contributed by atoms with E-state index in [2.05, 4.69) is 32.7 Å². The van der Waals surface area contributed by atoms with Crippen molar-refractivity contribution in [1.29, 1.82) is 0 Å². The van der Waals surface area contributed by atoms with Gasteiger partial charge in [-0.25, -0.2) is 13.6 Å². The number of alkyl carbamates (subject to hydrolysis) is 1. The number of carbonyl (C=O) groups excluding carboxylic acids is 2. The average Bonchev–Trinajstić information content (AvgIpc) is 3.56. The maximum atomic E-state index is 13.7. The Bertz CT molecular complexity index is 1170. The molecule has 2 amide bonds. The van der Waals surface area contributed by atoms with Crippen LogP contribution in [-0.2, 0) is 25.3 Å². The lowest BCUT2D eigenvalue weighted by Gasteiger charge is -2.64. The molecule has 6 aliphatic rings. The van der Waals surface area contributed by atoms with Crippen molar-refractivity contribution >= 4 is 19.1 Å². The molecular formula is C29H37BF2N2O5. The van der Waals surface area contributed by atoms with Crippen LogP contribution in [0.5, 0.6) is 0 Å². The molecule has 0 spiro atoms. The molecule has 0 unspecified atom stereocenters. The van der Waals surface area contributed by atoms with Crippen LogP contribution in [0.15, 0.2) is 36.7 Å². The number of nitrogens with zero attached hydrogens (tertiary/aromatic N) is 1. The number of amides is 2. The second kappa shape index (κ2) is 9.30. The zero-order valence-corrected chi connectivity index (χ0v) is 22.9. The molecule has 6 fully saturated rings. The van der Waals surface area contributed by atoms with Crippen molar-refractivity contribution < 1.29 is 32.4 Å². The molecule has 0 aromatic heterocycles. The van der Waals surface area contributed by atoms with E-state index in [1.165, 1.54) is 17.0 Å². The van der Waals surface area contributed by atoms with Crippen molar-refractivity contribution in [1.82, 2.24) is 10.2 Å². The molecule has 4 bridgehead atoms. The van der Waals surface area contributed by atoms with Gasteiger partial charge in [0.2, 0.25) is 0 Å². The molecule has 210 valence electrons. The molecule has 1 aromatic rings. The summed E-state index contributed by atoms with van der Waals surface area (Å²) < 4.78 is 46.1. The number of nitrogens with one attached hydrogen (secondary N) is 1. The largest absolute Gasteiger partial charge is 0.482 e. The molecule has 39 heavy (non-hydrogen) atoms. The fourth-order valence-corrected chi connectivity index (χ4v) is 8.31. The van der Waals surface area contributed by atoms with Gasteiger partial charge in [0.15, 0.2) is 5.83 Å². The highest BCUT2D eigenvalue weighted by molar-refractivity contribution is 6.47. The molecule has 7 nitrogen and oxygen atoms in total. The van der Waals surface area contributed by atoms with E-state index in [4.69, 9.17) is 14.0 Å². The predicted octanol–water partition coefficient (Wildman–Crippen LogP) is 4.74. The smallest absolute Gasteiger partial charge is 0.447 e. The van der Waals surface area contributed by atoms with Gasteiger partial charge in [-0.2, -0.15) is 0 Å². The minimum absolute atomic E-state index is 0.0255. The molecule has 7 rings (SSSR count). The number of fused-ring (bicyclic) bond motifs is 2. The SMILES string of the molecule is C=C(F)C(=O)N1C2CCC1(COC(=O)N[C@@H](Cc1ccc(F)cc1)B1O[C@@H]3C[C@@H]4C[C@@H](C4(C)C)[C@]3(C)O1)CC2. The van der Waals surface area contributed by atoms with E-state index in [9.17, 15) is 18.4 Å². The van der Waals surface area contributed by atoms with Gasteiger partial charge in [-0.15, -0.1) is 0 Å². The van der Waals surface area contributed by atoms with Crippen LogP contribution < -0.4 is 5.32 Å². The van der Waals surface area contributed by atoms with Crippen LogP contribution in [0.4, 0.5) is 13.6 Å². The zero-order chi connectivity index (χ0) is 27.7. The van der Waals surface area contributed by atoms with Crippen molar-refractivity contribution in [3.8, 4) is 0 Å². The summed E-state index contributed by atoms with van der Waals surface area (Å²) in [6.45, 7) is 9.85. The third kappa shape index (κ3) is 4.29. The highest BCUT2D eigenvalue weighted by Crippen LogP contribution is 2.65. The highest BCUT2D eigenvalue weighted by Gasteiger charge is 2.68. The van der Waals surface area contributed by atoms with Gasteiger partial charge in [-0.1, -0.05) is 32.6 Å². The van der Waals surface area contributed by atoms with Gasteiger partial charge in [0, 0.05) is 6.04 Å². The molecule has 3 aliphatic carbocycles. The lowest BCUT2D eigenvalue weighted by atomic mass is 9.43. The predicted molar refractivity (Wildman–Crippen MR) is 141 cm³/mol. The third-order valence-electron chi connectivity index (χ3n) is 10.7. The second-order valence-corrected chi connectivity index (χ2v) is 13.0. The van der Waals surface area contributed by atoms with E-state index in [-0.39, 0.29) is 30.0 Å². The lowest BCUT2D eigenvalue weighted by molar-refractivity contribution is -0.199. The first-order chi connectivity index (χ1) is 18.4. The number of benzene rings is 1. The van der Waals surface area contributed by atoms with Crippen molar-refractivity contribution in [3.05, 3.63) is 48.1 Å². The monoisotopic (exact) mass is 542 g/mol. The number of carbonyl (C=O) groups is 2. The molecule has 10 heteroatoms. The Morgan fingerprint density at radius 2 is 1.90 bits per heavy atom. The van der Waals surface area contributed by atoms with Crippen LogP contribution in [0.1, 0.15) is 64.9 Å². The van der Waals surface area contributed by atoms with Gasteiger partial charge in [-0.3, -0.25) is 4.79 Å². The summed E-state index contributed by atoms with van der Waals surface area (Å²) >= 11 is 0. The first kappa shape index (κ1) is 26.8. The topological polar surface area (TPSA) is 77.1 Å². The molecule has 3 saturated carbocycles. The van der Waals surface area contributed by atoms with Crippen LogP contribution >= 0.6 is 0 Å². The number of hydrogen-bond acceptors (Lipinski definition) is 5. The Labute approximate surface area is 228 Å². The van der Waals surface area contributed by atoms with Crippen molar-refractivity contribution in [2.45, 2.75) is 94.9 Å². The number of halogens is 2. The summed E-state index contributed by atoms with van der Waals surface area (Å²) in [5.74, 6) is -1.68. The minimum atomic E-state index is -0.997. The number of hydrogen-bond donors (Lipinski definition) is 1. The third-order valence-corrected chi connectivity index (χ3v) is 10.7. The fraction of sp³-hybridized carbons (Fsp3) is 0.655. The van der Waals surface area contributed by atoms with Gasteiger partial charge >= 0.3 is 13.2 Å². The number of rotatable bonds is 7. The Balaban J connectivity index is 1.17. The molecule has 0 radical (unpaired) electrons. The van der Waals surface area contributed by atoms with Gasteiger partial charge in [-0.05, 0) is 86.8 Å². The van der Waals surface area contributed by atoms with Gasteiger partial charge in [0.1, 0.15) is 12.4 Å². The van der Waals surface area contributed by atoms with E-state index in [0.29, 0.717) is 31.1 Å². The van der Waals surface area contributed by atoms with Gasteiger partial charge in [0.25, 0.3) is 5.91 Å². The van der Waals surface area contributed by atoms with Crippen LogP contribution in [0.25, 0.3) is 0 Å². The van der Waals surface area contributed by atoms with E-state index in [1.54, 1.807) is 12.1 Å². The maximum Gasteiger partial charge on any atom is 0.482 e. The Morgan fingerprint density at radius 3 is 2.54 bits per heavy atom. The summed E-state index contributed by atoms with van der Waals surface area (Å²) in [7, 11) is -0.693. The summed E-state index contributed by atoms with van der Waals surface area (Å²) in [6.07, 6.45) is 4.46. The molecule has 1 N–H and O–H groups in total. The van der Waals surface area contributed by atoms with E-state index in [0.717, 1.165) is 31.2 Å². The van der Waals surface area contributed by atoms with Crippen LogP contribution in [0, 0.1) is 23.1 Å². The first-order valence-corrected chi connectivity index (χ1v) is 14.1. The molecule has 3 saturated heterocycles. The average molecular weight is 542 g/mol. The molecule has 3 heterocycles. The summed E-state index contributed by atoms with van der Waals surface area (Å²) in [5, 5.41) is 2.94. The molecule has 3 aliphatic heterocycles. The minimum Gasteiger partial charge on any atom is -0.447 e. The second-order valence-electron chi connectivity index (χ2n) is 13.0.